The molecule has 0 fully saturated rings. The van der Waals surface area contributed by atoms with Gasteiger partial charge in [0.15, 0.2) is 0 Å². The number of rotatable bonds is 1. The van der Waals surface area contributed by atoms with Gasteiger partial charge in [0.2, 0.25) is 0 Å². The quantitative estimate of drug-likeness (QED) is 0.597. The molecule has 11 heavy (non-hydrogen) atoms. The van der Waals surface area contributed by atoms with Crippen LogP contribution in [0.4, 0.5) is 10.1 Å². The van der Waals surface area contributed by atoms with Crippen LogP contribution in [0.1, 0.15) is 11.1 Å². The fourth-order valence-electron chi connectivity index (χ4n) is 0.944. The van der Waals surface area contributed by atoms with Crippen LogP contribution in [0.3, 0.4) is 0 Å². The molecule has 0 heterocycles. The first-order valence-electron chi connectivity index (χ1n) is 3.39. The van der Waals surface area contributed by atoms with Gasteiger partial charge >= 0.3 is 0 Å². The van der Waals surface area contributed by atoms with E-state index in [9.17, 15) is 4.39 Å². The molecule has 1 aromatic carbocycles. The lowest BCUT2D eigenvalue weighted by Gasteiger charge is -2.03. The number of hydrogen-bond donors (Lipinski definition) is 2. The van der Waals surface area contributed by atoms with Crippen molar-refractivity contribution in [2.75, 3.05) is 5.73 Å². The Kier molecular flexibility index (Phi) is 2.10. The maximum atomic E-state index is 12.8. The van der Waals surface area contributed by atoms with Gasteiger partial charge in [-0.2, -0.15) is 0 Å². The average Bonchev–Trinajstić information content (AvgIpc) is 1.99. The van der Waals surface area contributed by atoms with E-state index in [1.807, 2.05) is 0 Å². The second-order valence-electron chi connectivity index (χ2n) is 2.51. The van der Waals surface area contributed by atoms with Gasteiger partial charge in [0.05, 0.1) is 5.69 Å². The van der Waals surface area contributed by atoms with Gasteiger partial charge in [0.1, 0.15) is 5.82 Å². The number of hydrogen-bond acceptors (Lipinski definition) is 2. The molecule has 0 unspecified atom stereocenters. The maximum absolute atomic E-state index is 12.8. The summed E-state index contributed by atoms with van der Waals surface area (Å²) in [5.74, 6) is -0.384. The minimum atomic E-state index is -0.384. The first kappa shape index (κ1) is 8.01. The van der Waals surface area contributed by atoms with Crippen LogP contribution in [0.25, 0.3) is 0 Å². The van der Waals surface area contributed by atoms with Gasteiger partial charge in [-0.1, -0.05) is 6.07 Å². The summed E-state index contributed by atoms with van der Waals surface area (Å²) in [7, 11) is 0. The number of nitrogen functional groups attached to an aromatic ring is 1. The van der Waals surface area contributed by atoms with E-state index in [0.717, 1.165) is 11.1 Å². The molecule has 0 bridgehead atoms. The van der Waals surface area contributed by atoms with Crippen molar-refractivity contribution in [2.45, 2.75) is 13.5 Å². The van der Waals surface area contributed by atoms with Crippen LogP contribution in [0.5, 0.6) is 0 Å². The summed E-state index contributed by atoms with van der Waals surface area (Å²) in [6.07, 6.45) is 0. The third-order valence-electron chi connectivity index (χ3n) is 1.63. The molecule has 1 rings (SSSR count). The fourth-order valence-corrected chi connectivity index (χ4v) is 0.944. The van der Waals surface area contributed by atoms with Gasteiger partial charge in [-0.3, -0.25) is 0 Å². The van der Waals surface area contributed by atoms with E-state index in [0.29, 0.717) is 6.54 Å². The Bertz CT molecular complexity index is 248. The van der Waals surface area contributed by atoms with Crippen molar-refractivity contribution in [3.8, 4) is 0 Å². The molecule has 0 saturated carbocycles. The summed E-state index contributed by atoms with van der Waals surface area (Å²) in [4.78, 5) is 0. The molecule has 0 amide bonds. The van der Waals surface area contributed by atoms with Crippen LogP contribution in [-0.2, 0) is 6.54 Å². The molecular formula is C8H11FN2. The number of nitrogens with two attached hydrogens (primary N) is 2. The highest BCUT2D eigenvalue weighted by molar-refractivity contribution is 5.49. The van der Waals surface area contributed by atoms with E-state index in [1.54, 1.807) is 13.0 Å². The molecule has 0 aromatic heterocycles. The molecule has 0 aliphatic rings. The first-order valence-corrected chi connectivity index (χ1v) is 3.39. The van der Waals surface area contributed by atoms with Crippen LogP contribution in [0.2, 0.25) is 0 Å². The Balaban J connectivity index is 3.21. The van der Waals surface area contributed by atoms with E-state index in [-0.39, 0.29) is 11.5 Å². The van der Waals surface area contributed by atoms with Crippen molar-refractivity contribution in [1.29, 1.82) is 0 Å². The second-order valence-corrected chi connectivity index (χ2v) is 2.51. The summed E-state index contributed by atoms with van der Waals surface area (Å²) in [6.45, 7) is 2.11. The van der Waals surface area contributed by atoms with E-state index < -0.39 is 0 Å². The Labute approximate surface area is 65.0 Å². The summed E-state index contributed by atoms with van der Waals surface area (Å²) < 4.78 is 12.8. The molecule has 0 saturated heterocycles. The van der Waals surface area contributed by atoms with Crippen LogP contribution >= 0.6 is 0 Å². The second kappa shape index (κ2) is 2.88. The van der Waals surface area contributed by atoms with Crippen LogP contribution in [0.15, 0.2) is 12.1 Å². The lowest BCUT2D eigenvalue weighted by atomic mass is 10.1. The number of anilines is 1. The van der Waals surface area contributed by atoms with Crippen molar-refractivity contribution in [1.82, 2.24) is 0 Å². The lowest BCUT2D eigenvalue weighted by Crippen LogP contribution is -2.01. The molecule has 1 aromatic rings. The molecule has 3 heteroatoms. The average molecular weight is 154 g/mol. The van der Waals surface area contributed by atoms with Gasteiger partial charge in [-0.15, -0.1) is 0 Å². The zero-order valence-electron chi connectivity index (χ0n) is 6.39. The van der Waals surface area contributed by atoms with Gasteiger partial charge in [0.25, 0.3) is 0 Å². The van der Waals surface area contributed by atoms with Crippen LogP contribution in [-0.4, -0.2) is 0 Å². The van der Waals surface area contributed by atoms with Gasteiger partial charge in [-0.25, -0.2) is 4.39 Å². The molecule has 60 valence electrons. The van der Waals surface area contributed by atoms with Crippen LogP contribution in [0, 0.1) is 12.7 Å². The topological polar surface area (TPSA) is 52.0 Å². The van der Waals surface area contributed by atoms with Gasteiger partial charge in [0, 0.05) is 6.54 Å². The van der Waals surface area contributed by atoms with Crippen molar-refractivity contribution in [3.05, 3.63) is 29.1 Å². The molecule has 0 spiro atoms. The Hall–Kier alpha value is -1.09. The normalized spacial score (nSPS) is 10.1. The fraction of sp³-hybridized carbons (Fsp3) is 0.250. The number of benzene rings is 1. The van der Waals surface area contributed by atoms with Gasteiger partial charge in [-0.05, 0) is 24.1 Å². The molecule has 0 radical (unpaired) electrons. The zero-order chi connectivity index (χ0) is 8.43. The Morgan fingerprint density at radius 2 is 2.09 bits per heavy atom. The summed E-state index contributed by atoms with van der Waals surface area (Å²) in [6, 6.07) is 3.15. The summed E-state index contributed by atoms with van der Waals surface area (Å²) in [5, 5.41) is 0. The molecule has 0 aliphatic heterocycles. The predicted octanol–water partition coefficient (Wildman–Crippen LogP) is 1.18. The number of aryl methyl sites for hydroxylation is 1. The van der Waals surface area contributed by atoms with Crippen molar-refractivity contribution < 1.29 is 4.39 Å². The third kappa shape index (κ3) is 1.49. The number of halogens is 1. The van der Waals surface area contributed by atoms with Crippen molar-refractivity contribution in [3.63, 3.8) is 0 Å². The molecular weight excluding hydrogens is 143 g/mol. The standard InChI is InChI=1S/C8H11FN2/c1-5-2-6(4-10)3-7(9)8(5)11/h2-3H,4,10-11H2,1H3. The van der Waals surface area contributed by atoms with E-state index in [1.165, 1.54) is 6.07 Å². The molecule has 0 aliphatic carbocycles. The van der Waals surface area contributed by atoms with Crippen LogP contribution < -0.4 is 11.5 Å². The minimum absolute atomic E-state index is 0.210. The first-order chi connectivity index (χ1) is 5.15. The monoisotopic (exact) mass is 154 g/mol. The van der Waals surface area contributed by atoms with E-state index in [4.69, 9.17) is 11.5 Å². The van der Waals surface area contributed by atoms with E-state index in [2.05, 4.69) is 0 Å². The van der Waals surface area contributed by atoms with Crippen molar-refractivity contribution >= 4 is 5.69 Å². The molecule has 4 N–H and O–H groups in total. The molecule has 2 nitrogen and oxygen atoms in total. The maximum Gasteiger partial charge on any atom is 0.146 e. The molecule has 0 atom stereocenters. The third-order valence-corrected chi connectivity index (χ3v) is 1.63. The Morgan fingerprint density at radius 3 is 2.55 bits per heavy atom. The summed E-state index contributed by atoms with van der Waals surface area (Å²) in [5.41, 5.74) is 12.4. The zero-order valence-corrected chi connectivity index (χ0v) is 6.39. The lowest BCUT2D eigenvalue weighted by molar-refractivity contribution is 0.629. The van der Waals surface area contributed by atoms with Gasteiger partial charge < -0.3 is 11.5 Å². The highest BCUT2D eigenvalue weighted by atomic mass is 19.1. The van der Waals surface area contributed by atoms with E-state index >= 15 is 0 Å². The minimum Gasteiger partial charge on any atom is -0.396 e. The predicted molar refractivity (Wildman–Crippen MR) is 43.4 cm³/mol. The Morgan fingerprint density at radius 1 is 1.45 bits per heavy atom. The van der Waals surface area contributed by atoms with Crippen molar-refractivity contribution in [2.24, 2.45) is 5.73 Å². The highest BCUT2D eigenvalue weighted by Gasteiger charge is 2.02. The SMILES string of the molecule is Cc1cc(CN)cc(F)c1N. The largest absolute Gasteiger partial charge is 0.396 e. The smallest absolute Gasteiger partial charge is 0.146 e. The summed E-state index contributed by atoms with van der Waals surface area (Å²) >= 11 is 0. The highest BCUT2D eigenvalue weighted by Crippen LogP contribution is 2.17.